The molecule has 1 fully saturated rings. The average molecular weight is 259 g/mol. The zero-order valence-electron chi connectivity index (χ0n) is 11.5. The maximum absolute atomic E-state index is 10.0. The number of fused-ring (bicyclic) bond motifs is 1. The molecule has 2 aliphatic rings. The number of aliphatic imine (C=N–C) groups is 1. The normalized spacial score (nSPS) is 19.7. The maximum Gasteiger partial charge on any atom is 0.160 e. The quantitative estimate of drug-likeness (QED) is 0.885. The Morgan fingerprint density at radius 2 is 2.00 bits per heavy atom. The zero-order chi connectivity index (χ0) is 13.2. The Labute approximate surface area is 114 Å². The fourth-order valence-corrected chi connectivity index (χ4v) is 3.33. The first kappa shape index (κ1) is 12.5. The van der Waals surface area contributed by atoms with Crippen LogP contribution >= 0.6 is 0 Å². The number of methoxy groups -OCH3 is 1. The molecular weight excluding hydrogens is 238 g/mol. The highest BCUT2D eigenvalue weighted by atomic mass is 16.5. The Morgan fingerprint density at radius 3 is 2.74 bits per heavy atom. The summed E-state index contributed by atoms with van der Waals surface area (Å²) in [6.45, 7) is 0.868. The second kappa shape index (κ2) is 5.24. The molecule has 0 spiro atoms. The van der Waals surface area contributed by atoms with E-state index in [1.54, 1.807) is 7.11 Å². The van der Waals surface area contributed by atoms with Crippen molar-refractivity contribution in [2.75, 3.05) is 13.7 Å². The highest BCUT2D eigenvalue weighted by Crippen LogP contribution is 2.35. The van der Waals surface area contributed by atoms with E-state index in [4.69, 9.17) is 9.73 Å². The summed E-state index contributed by atoms with van der Waals surface area (Å²) >= 11 is 0. The first-order valence-electron chi connectivity index (χ1n) is 7.24. The highest BCUT2D eigenvalue weighted by Gasteiger charge is 2.25. The molecule has 3 nitrogen and oxygen atoms in total. The van der Waals surface area contributed by atoms with Gasteiger partial charge in [-0.25, -0.2) is 0 Å². The van der Waals surface area contributed by atoms with Gasteiger partial charge in [-0.3, -0.25) is 4.99 Å². The molecule has 3 rings (SSSR count). The molecule has 102 valence electrons. The van der Waals surface area contributed by atoms with Crippen molar-refractivity contribution in [2.24, 2.45) is 10.9 Å². The lowest BCUT2D eigenvalue weighted by atomic mass is 9.80. The average Bonchev–Trinajstić information content (AvgIpc) is 2.47. The number of ether oxygens (including phenoxy) is 1. The van der Waals surface area contributed by atoms with Crippen LogP contribution in [0, 0.1) is 5.92 Å². The van der Waals surface area contributed by atoms with Crippen LogP contribution < -0.4 is 4.74 Å². The highest BCUT2D eigenvalue weighted by molar-refractivity contribution is 6.04. The van der Waals surface area contributed by atoms with E-state index >= 15 is 0 Å². The van der Waals surface area contributed by atoms with E-state index < -0.39 is 0 Å². The largest absolute Gasteiger partial charge is 0.504 e. The standard InChI is InChI=1S/C16H21NO2/c1-19-15-9-12-7-8-17-16(13(12)10-14(15)18)11-5-3-2-4-6-11/h9-11,18H,2-8H2,1H3. The number of hydrogen-bond donors (Lipinski definition) is 1. The third-order valence-electron chi connectivity index (χ3n) is 4.34. The van der Waals surface area contributed by atoms with Gasteiger partial charge < -0.3 is 9.84 Å². The fourth-order valence-electron chi connectivity index (χ4n) is 3.33. The first-order valence-corrected chi connectivity index (χ1v) is 7.24. The molecule has 1 N–H and O–H groups in total. The lowest BCUT2D eigenvalue weighted by Gasteiger charge is -2.27. The SMILES string of the molecule is COc1cc2c(cc1O)C(C1CCCCC1)=NCC2. The van der Waals surface area contributed by atoms with Gasteiger partial charge in [0.25, 0.3) is 0 Å². The van der Waals surface area contributed by atoms with Gasteiger partial charge in [-0.2, -0.15) is 0 Å². The molecular formula is C16H21NO2. The van der Waals surface area contributed by atoms with Crippen LogP contribution in [0.5, 0.6) is 11.5 Å². The molecule has 1 aromatic carbocycles. The topological polar surface area (TPSA) is 41.8 Å². The Morgan fingerprint density at radius 1 is 1.21 bits per heavy atom. The molecule has 0 saturated heterocycles. The summed E-state index contributed by atoms with van der Waals surface area (Å²) in [6.07, 6.45) is 7.39. The number of nitrogens with zero attached hydrogens (tertiary/aromatic N) is 1. The van der Waals surface area contributed by atoms with Crippen molar-refractivity contribution < 1.29 is 9.84 Å². The molecule has 0 aromatic heterocycles. The van der Waals surface area contributed by atoms with Crippen LogP contribution in [0.15, 0.2) is 17.1 Å². The predicted molar refractivity (Wildman–Crippen MR) is 76.3 cm³/mol. The summed E-state index contributed by atoms with van der Waals surface area (Å²) in [5, 5.41) is 10.0. The molecule has 0 radical (unpaired) electrons. The molecule has 3 heteroatoms. The van der Waals surface area contributed by atoms with E-state index in [0.29, 0.717) is 11.7 Å². The minimum absolute atomic E-state index is 0.228. The van der Waals surface area contributed by atoms with Gasteiger partial charge in [0.05, 0.1) is 7.11 Å². The Balaban J connectivity index is 1.97. The van der Waals surface area contributed by atoms with Gasteiger partial charge >= 0.3 is 0 Å². The number of phenols is 1. The third-order valence-corrected chi connectivity index (χ3v) is 4.34. The Kier molecular flexibility index (Phi) is 3.45. The number of rotatable bonds is 2. The molecule has 0 amide bonds. The van der Waals surface area contributed by atoms with E-state index in [9.17, 15) is 5.11 Å². The minimum Gasteiger partial charge on any atom is -0.504 e. The molecule has 0 bridgehead atoms. The molecule has 1 aromatic rings. The summed E-state index contributed by atoms with van der Waals surface area (Å²) in [5.74, 6) is 1.39. The van der Waals surface area contributed by atoms with Gasteiger partial charge in [0.15, 0.2) is 11.5 Å². The molecule has 19 heavy (non-hydrogen) atoms. The van der Waals surface area contributed by atoms with Crippen LogP contribution in [0.2, 0.25) is 0 Å². The van der Waals surface area contributed by atoms with E-state index in [1.807, 2.05) is 12.1 Å². The van der Waals surface area contributed by atoms with Gasteiger partial charge in [0.2, 0.25) is 0 Å². The van der Waals surface area contributed by atoms with Crippen molar-refractivity contribution in [3.05, 3.63) is 23.3 Å². The van der Waals surface area contributed by atoms with Gasteiger partial charge in [-0.15, -0.1) is 0 Å². The number of benzene rings is 1. The van der Waals surface area contributed by atoms with Crippen LogP contribution in [0.3, 0.4) is 0 Å². The van der Waals surface area contributed by atoms with Crippen molar-refractivity contribution >= 4 is 5.71 Å². The van der Waals surface area contributed by atoms with Gasteiger partial charge in [0.1, 0.15) is 0 Å². The Hall–Kier alpha value is -1.51. The Bertz CT molecular complexity index is 502. The first-order chi connectivity index (χ1) is 9.29. The predicted octanol–water partition coefficient (Wildman–Crippen LogP) is 3.33. The smallest absolute Gasteiger partial charge is 0.160 e. The zero-order valence-corrected chi connectivity index (χ0v) is 11.5. The van der Waals surface area contributed by atoms with Crippen molar-refractivity contribution in [2.45, 2.75) is 38.5 Å². The van der Waals surface area contributed by atoms with E-state index in [2.05, 4.69) is 0 Å². The number of hydrogen-bond acceptors (Lipinski definition) is 3. The van der Waals surface area contributed by atoms with Crippen molar-refractivity contribution in [3.8, 4) is 11.5 Å². The van der Waals surface area contributed by atoms with E-state index in [1.165, 1.54) is 43.4 Å². The minimum atomic E-state index is 0.228. The van der Waals surface area contributed by atoms with Crippen LogP contribution in [-0.2, 0) is 6.42 Å². The number of phenolic OH excluding ortho intramolecular Hbond substituents is 1. The van der Waals surface area contributed by atoms with Gasteiger partial charge in [-0.05, 0) is 37.0 Å². The van der Waals surface area contributed by atoms with Crippen LogP contribution in [0.4, 0.5) is 0 Å². The molecule has 0 atom stereocenters. The summed E-state index contributed by atoms with van der Waals surface area (Å²) < 4.78 is 5.20. The van der Waals surface area contributed by atoms with E-state index in [-0.39, 0.29) is 5.75 Å². The van der Waals surface area contributed by atoms with Gasteiger partial charge in [0, 0.05) is 23.7 Å². The summed E-state index contributed by atoms with van der Waals surface area (Å²) in [7, 11) is 1.60. The lowest BCUT2D eigenvalue weighted by Crippen LogP contribution is -2.23. The van der Waals surface area contributed by atoms with Crippen molar-refractivity contribution in [3.63, 3.8) is 0 Å². The maximum atomic E-state index is 10.0. The molecule has 1 aliphatic carbocycles. The summed E-state index contributed by atoms with van der Waals surface area (Å²) in [4.78, 5) is 4.76. The second-order valence-corrected chi connectivity index (χ2v) is 5.53. The van der Waals surface area contributed by atoms with Crippen molar-refractivity contribution in [1.29, 1.82) is 0 Å². The van der Waals surface area contributed by atoms with Crippen molar-refractivity contribution in [1.82, 2.24) is 0 Å². The lowest BCUT2D eigenvalue weighted by molar-refractivity contribution is 0.372. The molecule has 0 unspecified atom stereocenters. The summed E-state index contributed by atoms with van der Waals surface area (Å²) in [6, 6.07) is 3.82. The molecule has 1 saturated carbocycles. The second-order valence-electron chi connectivity index (χ2n) is 5.53. The molecule has 1 heterocycles. The van der Waals surface area contributed by atoms with Crippen LogP contribution in [-0.4, -0.2) is 24.5 Å². The number of aromatic hydroxyl groups is 1. The van der Waals surface area contributed by atoms with E-state index in [0.717, 1.165) is 18.5 Å². The van der Waals surface area contributed by atoms with Crippen LogP contribution in [0.1, 0.15) is 43.2 Å². The van der Waals surface area contributed by atoms with Crippen LogP contribution in [0.25, 0.3) is 0 Å². The molecule has 1 aliphatic heterocycles. The third kappa shape index (κ3) is 2.34. The monoisotopic (exact) mass is 259 g/mol. The van der Waals surface area contributed by atoms with Gasteiger partial charge in [-0.1, -0.05) is 19.3 Å². The summed E-state index contributed by atoms with van der Waals surface area (Å²) in [5.41, 5.74) is 3.64. The fraction of sp³-hybridized carbons (Fsp3) is 0.562.